The molecule has 3 aromatic heterocycles. The number of nitrogens with zero attached hydrogens (tertiary/aromatic N) is 3. The van der Waals surface area contributed by atoms with E-state index in [4.69, 9.17) is 0 Å². The van der Waals surface area contributed by atoms with Crippen molar-refractivity contribution in [1.82, 2.24) is 19.7 Å². The van der Waals surface area contributed by atoms with Crippen molar-refractivity contribution in [3.63, 3.8) is 0 Å². The Kier molecular flexibility index (Phi) is 5.17. The highest BCUT2D eigenvalue weighted by atomic mass is 32.1. The molecule has 29 heavy (non-hydrogen) atoms. The molecule has 3 heterocycles. The standard InChI is InChI=1S/C21H17N5O2S/c1-14-12-20(28)24-21(22-14)26-18(13-16(25-26)17-8-5-11-29-17)23-19(27)10-9-15-6-3-2-4-7-15/h2-13H,1H3,(H,23,27)(H,22,24,28)/b10-9+. The highest BCUT2D eigenvalue weighted by molar-refractivity contribution is 7.13. The SMILES string of the molecule is Cc1cc(=O)[nH]c(-n2nc(-c3cccs3)cc2NC(=O)/C=C/c2ccccc2)n1. The number of anilines is 1. The number of amides is 1. The number of aromatic amines is 1. The van der Waals surface area contributed by atoms with Crippen LogP contribution in [0, 0.1) is 6.92 Å². The zero-order valence-electron chi connectivity index (χ0n) is 15.5. The molecule has 0 aliphatic carbocycles. The van der Waals surface area contributed by atoms with Crippen molar-refractivity contribution in [1.29, 1.82) is 0 Å². The van der Waals surface area contributed by atoms with Gasteiger partial charge in [0.05, 0.1) is 4.88 Å². The number of carbonyl (C=O) groups is 1. The molecule has 0 radical (unpaired) electrons. The Balaban J connectivity index is 1.68. The normalized spacial score (nSPS) is 11.1. The van der Waals surface area contributed by atoms with Crippen LogP contribution in [0.3, 0.4) is 0 Å². The fraction of sp³-hybridized carbons (Fsp3) is 0.0476. The predicted molar refractivity (Wildman–Crippen MR) is 114 cm³/mol. The molecule has 0 fully saturated rings. The van der Waals surface area contributed by atoms with Crippen molar-refractivity contribution in [2.24, 2.45) is 0 Å². The fourth-order valence-corrected chi connectivity index (χ4v) is 3.43. The second-order valence-corrected chi connectivity index (χ2v) is 7.20. The minimum absolute atomic E-state index is 0.236. The highest BCUT2D eigenvalue weighted by Crippen LogP contribution is 2.27. The molecule has 0 saturated heterocycles. The molecule has 2 N–H and O–H groups in total. The molecule has 0 aliphatic rings. The third kappa shape index (κ3) is 4.39. The van der Waals surface area contributed by atoms with E-state index in [1.807, 2.05) is 47.8 Å². The van der Waals surface area contributed by atoms with E-state index in [2.05, 4.69) is 20.4 Å². The monoisotopic (exact) mass is 403 g/mol. The van der Waals surface area contributed by atoms with E-state index in [0.29, 0.717) is 17.2 Å². The van der Waals surface area contributed by atoms with Crippen molar-refractivity contribution < 1.29 is 4.79 Å². The van der Waals surface area contributed by atoms with Crippen LogP contribution in [0.25, 0.3) is 22.6 Å². The number of nitrogens with one attached hydrogen (secondary N) is 2. The molecule has 8 heteroatoms. The van der Waals surface area contributed by atoms with Crippen LogP contribution in [-0.2, 0) is 4.79 Å². The number of thiophene rings is 1. The molecule has 4 aromatic rings. The van der Waals surface area contributed by atoms with Gasteiger partial charge >= 0.3 is 0 Å². The summed E-state index contributed by atoms with van der Waals surface area (Å²) in [6.07, 6.45) is 3.17. The zero-order chi connectivity index (χ0) is 20.2. The first-order valence-corrected chi connectivity index (χ1v) is 9.73. The van der Waals surface area contributed by atoms with Gasteiger partial charge in [-0.2, -0.15) is 9.78 Å². The van der Waals surface area contributed by atoms with E-state index in [0.717, 1.165) is 10.4 Å². The lowest BCUT2D eigenvalue weighted by Crippen LogP contribution is -2.17. The van der Waals surface area contributed by atoms with Crippen LogP contribution in [0.15, 0.2) is 70.8 Å². The van der Waals surface area contributed by atoms with Crippen LogP contribution in [-0.4, -0.2) is 25.7 Å². The molecular formula is C21H17N5O2S. The molecule has 0 aliphatic heterocycles. The Morgan fingerprint density at radius 3 is 2.72 bits per heavy atom. The van der Waals surface area contributed by atoms with Crippen molar-refractivity contribution in [2.45, 2.75) is 6.92 Å². The molecule has 4 rings (SSSR count). The minimum atomic E-state index is -0.317. The molecular weight excluding hydrogens is 386 g/mol. The third-order valence-electron chi connectivity index (χ3n) is 4.02. The van der Waals surface area contributed by atoms with E-state index >= 15 is 0 Å². The van der Waals surface area contributed by atoms with Crippen LogP contribution >= 0.6 is 11.3 Å². The van der Waals surface area contributed by atoms with E-state index in [9.17, 15) is 9.59 Å². The molecule has 0 bridgehead atoms. The van der Waals surface area contributed by atoms with E-state index in [1.165, 1.54) is 28.2 Å². The van der Waals surface area contributed by atoms with Crippen LogP contribution < -0.4 is 10.9 Å². The van der Waals surface area contributed by atoms with Gasteiger partial charge in [0.25, 0.3) is 5.56 Å². The van der Waals surface area contributed by atoms with Gasteiger partial charge < -0.3 is 5.32 Å². The Morgan fingerprint density at radius 1 is 1.17 bits per heavy atom. The minimum Gasteiger partial charge on any atom is -0.307 e. The van der Waals surface area contributed by atoms with Gasteiger partial charge in [-0.1, -0.05) is 36.4 Å². The molecule has 1 aromatic carbocycles. The summed E-state index contributed by atoms with van der Waals surface area (Å²) in [5, 5.41) is 9.30. The number of aryl methyl sites for hydroxylation is 1. The van der Waals surface area contributed by atoms with Gasteiger partial charge in [0.1, 0.15) is 11.5 Å². The van der Waals surface area contributed by atoms with E-state index in [-0.39, 0.29) is 17.4 Å². The molecule has 1 amide bonds. The van der Waals surface area contributed by atoms with Gasteiger partial charge in [-0.3, -0.25) is 14.6 Å². The fourth-order valence-electron chi connectivity index (χ4n) is 2.74. The molecule has 0 spiro atoms. The average molecular weight is 403 g/mol. The first-order chi connectivity index (χ1) is 14.1. The molecule has 0 unspecified atom stereocenters. The lowest BCUT2D eigenvalue weighted by Gasteiger charge is -2.06. The lowest BCUT2D eigenvalue weighted by atomic mass is 10.2. The van der Waals surface area contributed by atoms with Crippen molar-refractivity contribution in [3.8, 4) is 16.5 Å². The van der Waals surface area contributed by atoms with Crippen LogP contribution in [0.2, 0.25) is 0 Å². The number of hydrogen-bond acceptors (Lipinski definition) is 5. The Bertz CT molecular complexity index is 1220. The van der Waals surface area contributed by atoms with Gasteiger partial charge in [-0.05, 0) is 30.0 Å². The smallest absolute Gasteiger partial charge is 0.252 e. The van der Waals surface area contributed by atoms with Gasteiger partial charge in [-0.15, -0.1) is 11.3 Å². The predicted octanol–water partition coefficient (Wildman–Crippen LogP) is 3.64. The quantitative estimate of drug-likeness (QED) is 0.498. The zero-order valence-corrected chi connectivity index (χ0v) is 16.3. The Morgan fingerprint density at radius 2 is 2.00 bits per heavy atom. The molecule has 0 saturated carbocycles. The maximum Gasteiger partial charge on any atom is 0.252 e. The van der Waals surface area contributed by atoms with Gasteiger partial charge in [-0.25, -0.2) is 4.98 Å². The summed E-state index contributed by atoms with van der Waals surface area (Å²) in [5.41, 5.74) is 1.85. The van der Waals surface area contributed by atoms with Crippen molar-refractivity contribution >= 4 is 29.1 Å². The summed E-state index contributed by atoms with van der Waals surface area (Å²) in [5.74, 6) is 0.327. The number of carbonyl (C=O) groups excluding carboxylic acids is 1. The maximum atomic E-state index is 12.5. The van der Waals surface area contributed by atoms with E-state index in [1.54, 1.807) is 19.1 Å². The summed E-state index contributed by atoms with van der Waals surface area (Å²) in [7, 11) is 0. The van der Waals surface area contributed by atoms with E-state index < -0.39 is 0 Å². The number of hydrogen-bond donors (Lipinski definition) is 2. The summed E-state index contributed by atoms with van der Waals surface area (Å²) in [6, 6.07) is 16.5. The molecule has 0 atom stereocenters. The highest BCUT2D eigenvalue weighted by Gasteiger charge is 2.15. The Hall–Kier alpha value is -3.78. The second kappa shape index (κ2) is 8.07. The van der Waals surface area contributed by atoms with Crippen LogP contribution in [0.1, 0.15) is 11.3 Å². The number of benzene rings is 1. The first kappa shape index (κ1) is 18.6. The summed E-state index contributed by atoms with van der Waals surface area (Å²) in [4.78, 5) is 32.3. The lowest BCUT2D eigenvalue weighted by molar-refractivity contribution is -0.111. The summed E-state index contributed by atoms with van der Waals surface area (Å²) < 4.78 is 1.43. The van der Waals surface area contributed by atoms with Gasteiger partial charge in [0, 0.05) is 23.9 Å². The Labute approximate surface area is 170 Å². The largest absolute Gasteiger partial charge is 0.307 e. The third-order valence-corrected chi connectivity index (χ3v) is 4.91. The second-order valence-electron chi connectivity index (χ2n) is 6.25. The average Bonchev–Trinajstić information content (AvgIpc) is 3.36. The van der Waals surface area contributed by atoms with Crippen molar-refractivity contribution in [3.05, 3.63) is 87.7 Å². The van der Waals surface area contributed by atoms with Crippen molar-refractivity contribution in [2.75, 3.05) is 5.32 Å². The summed E-state index contributed by atoms with van der Waals surface area (Å²) in [6.45, 7) is 1.73. The topological polar surface area (TPSA) is 92.7 Å². The maximum absolute atomic E-state index is 12.5. The van der Waals surface area contributed by atoms with Crippen LogP contribution in [0.4, 0.5) is 5.82 Å². The molecule has 144 valence electrons. The van der Waals surface area contributed by atoms with Gasteiger partial charge in [0.2, 0.25) is 11.9 Å². The van der Waals surface area contributed by atoms with Gasteiger partial charge in [0.15, 0.2) is 0 Å². The first-order valence-electron chi connectivity index (χ1n) is 8.85. The summed E-state index contributed by atoms with van der Waals surface area (Å²) >= 11 is 1.53. The van der Waals surface area contributed by atoms with Crippen LogP contribution in [0.5, 0.6) is 0 Å². The number of H-pyrrole nitrogens is 1. The number of aromatic nitrogens is 4. The molecule has 7 nitrogen and oxygen atoms in total. The number of rotatable bonds is 5.